The van der Waals surface area contributed by atoms with Gasteiger partial charge < -0.3 is 10.6 Å². The Kier molecular flexibility index (Phi) is 4.35. The number of nitrogens with zero attached hydrogens (tertiary/aromatic N) is 2. The van der Waals surface area contributed by atoms with Crippen molar-refractivity contribution in [2.45, 2.75) is 26.4 Å². The second-order valence-electron chi connectivity index (χ2n) is 5.00. The van der Waals surface area contributed by atoms with E-state index in [2.05, 4.69) is 35.9 Å². The maximum atomic E-state index is 7.50. The number of hydrogen-bond acceptors (Lipinski definition) is 3. The van der Waals surface area contributed by atoms with Gasteiger partial charge in [0, 0.05) is 12.6 Å². The molecule has 1 aromatic carbocycles. The van der Waals surface area contributed by atoms with Gasteiger partial charge in [0.05, 0.1) is 0 Å². The third-order valence-corrected chi connectivity index (χ3v) is 3.12. The summed E-state index contributed by atoms with van der Waals surface area (Å²) in [6, 6.07) is 16.2. The van der Waals surface area contributed by atoms with Crippen molar-refractivity contribution in [3.63, 3.8) is 0 Å². The van der Waals surface area contributed by atoms with E-state index in [0.717, 1.165) is 12.4 Å². The lowest BCUT2D eigenvalue weighted by molar-refractivity contribution is 0.672. The minimum atomic E-state index is -0.00438. The van der Waals surface area contributed by atoms with E-state index in [1.54, 1.807) is 6.07 Å². The van der Waals surface area contributed by atoms with Gasteiger partial charge in [0.1, 0.15) is 17.3 Å². The molecule has 1 heterocycles. The molecule has 0 bridgehead atoms. The fourth-order valence-electron chi connectivity index (χ4n) is 2.04. The first-order valence-electron chi connectivity index (χ1n) is 6.70. The van der Waals surface area contributed by atoms with Crippen LogP contribution >= 0.6 is 0 Å². The summed E-state index contributed by atoms with van der Waals surface area (Å²) in [6.07, 6.45) is 0. The van der Waals surface area contributed by atoms with Gasteiger partial charge >= 0.3 is 0 Å². The van der Waals surface area contributed by atoms with Gasteiger partial charge in [-0.3, -0.25) is 5.41 Å². The molecule has 0 aliphatic heterocycles. The van der Waals surface area contributed by atoms with Crippen molar-refractivity contribution in [2.24, 2.45) is 5.73 Å². The van der Waals surface area contributed by atoms with Crippen molar-refractivity contribution < 1.29 is 0 Å². The van der Waals surface area contributed by atoms with Crippen molar-refractivity contribution in [3.8, 4) is 0 Å². The van der Waals surface area contributed by atoms with Crippen LogP contribution in [0.3, 0.4) is 0 Å². The molecule has 0 aliphatic carbocycles. The highest BCUT2D eigenvalue weighted by atomic mass is 15.2. The Morgan fingerprint density at radius 1 is 1.15 bits per heavy atom. The molecule has 0 unspecified atom stereocenters. The molecule has 0 saturated heterocycles. The van der Waals surface area contributed by atoms with E-state index in [9.17, 15) is 0 Å². The molecular weight excluding hydrogens is 248 g/mol. The van der Waals surface area contributed by atoms with Gasteiger partial charge in [-0.15, -0.1) is 0 Å². The Labute approximate surface area is 119 Å². The summed E-state index contributed by atoms with van der Waals surface area (Å²) in [4.78, 5) is 6.66. The van der Waals surface area contributed by atoms with Crippen molar-refractivity contribution >= 4 is 11.7 Å². The minimum absolute atomic E-state index is 0.00438. The third kappa shape index (κ3) is 3.35. The maximum Gasteiger partial charge on any atom is 0.141 e. The second kappa shape index (κ2) is 6.19. The van der Waals surface area contributed by atoms with Crippen LogP contribution in [-0.4, -0.2) is 16.9 Å². The van der Waals surface area contributed by atoms with Gasteiger partial charge in [0.25, 0.3) is 0 Å². The van der Waals surface area contributed by atoms with E-state index in [1.165, 1.54) is 5.56 Å². The first kappa shape index (κ1) is 14.1. The predicted octanol–water partition coefficient (Wildman–Crippen LogP) is 2.78. The monoisotopic (exact) mass is 268 g/mol. The van der Waals surface area contributed by atoms with Crippen LogP contribution in [0.1, 0.15) is 25.1 Å². The number of nitrogen functional groups attached to an aromatic ring is 1. The van der Waals surface area contributed by atoms with Gasteiger partial charge in [-0.25, -0.2) is 4.98 Å². The SMILES string of the molecule is CC(C)N(Cc1ccccc1)c1cccc(C(=N)N)n1. The summed E-state index contributed by atoms with van der Waals surface area (Å²) in [5.74, 6) is 0.840. The number of rotatable bonds is 5. The first-order chi connectivity index (χ1) is 9.58. The number of hydrogen-bond donors (Lipinski definition) is 2. The quantitative estimate of drug-likeness (QED) is 0.647. The van der Waals surface area contributed by atoms with Crippen LogP contribution in [0.2, 0.25) is 0 Å². The summed E-state index contributed by atoms with van der Waals surface area (Å²) in [7, 11) is 0. The lowest BCUT2D eigenvalue weighted by atomic mass is 10.2. The zero-order chi connectivity index (χ0) is 14.5. The van der Waals surface area contributed by atoms with Gasteiger partial charge in [-0.2, -0.15) is 0 Å². The van der Waals surface area contributed by atoms with Crippen molar-refractivity contribution in [3.05, 3.63) is 59.8 Å². The number of nitrogens with two attached hydrogens (primary N) is 1. The third-order valence-electron chi connectivity index (χ3n) is 3.12. The summed E-state index contributed by atoms with van der Waals surface area (Å²) in [5.41, 5.74) is 7.26. The first-order valence-corrected chi connectivity index (χ1v) is 6.70. The number of benzene rings is 1. The average molecular weight is 268 g/mol. The van der Waals surface area contributed by atoms with Crippen LogP contribution in [-0.2, 0) is 6.54 Å². The van der Waals surface area contributed by atoms with E-state index in [0.29, 0.717) is 11.7 Å². The number of pyridine rings is 1. The lowest BCUT2D eigenvalue weighted by Crippen LogP contribution is -2.31. The fourth-order valence-corrected chi connectivity index (χ4v) is 2.04. The lowest BCUT2D eigenvalue weighted by Gasteiger charge is -2.28. The van der Waals surface area contributed by atoms with Gasteiger partial charge in [-0.1, -0.05) is 36.4 Å². The van der Waals surface area contributed by atoms with Crippen molar-refractivity contribution in [2.75, 3.05) is 4.90 Å². The Balaban J connectivity index is 2.29. The molecule has 4 heteroatoms. The minimum Gasteiger partial charge on any atom is -0.382 e. The molecule has 0 aliphatic rings. The van der Waals surface area contributed by atoms with Gasteiger partial charge in [0.2, 0.25) is 0 Å². The molecule has 0 atom stereocenters. The molecular formula is C16H20N4. The molecule has 0 amide bonds. The molecule has 2 rings (SSSR count). The second-order valence-corrected chi connectivity index (χ2v) is 5.00. The number of anilines is 1. The van der Waals surface area contributed by atoms with Gasteiger partial charge in [-0.05, 0) is 31.5 Å². The van der Waals surface area contributed by atoms with Crippen LogP contribution in [0.5, 0.6) is 0 Å². The highest BCUT2D eigenvalue weighted by molar-refractivity contribution is 5.93. The van der Waals surface area contributed by atoms with E-state index < -0.39 is 0 Å². The van der Waals surface area contributed by atoms with Crippen LogP contribution in [0.4, 0.5) is 5.82 Å². The molecule has 20 heavy (non-hydrogen) atoms. The average Bonchev–Trinajstić information content (AvgIpc) is 2.45. The zero-order valence-electron chi connectivity index (χ0n) is 11.9. The topological polar surface area (TPSA) is 66.0 Å². The van der Waals surface area contributed by atoms with Crippen LogP contribution < -0.4 is 10.6 Å². The van der Waals surface area contributed by atoms with E-state index >= 15 is 0 Å². The summed E-state index contributed by atoms with van der Waals surface area (Å²) < 4.78 is 0. The molecule has 3 N–H and O–H groups in total. The number of amidine groups is 1. The molecule has 0 spiro atoms. The zero-order valence-corrected chi connectivity index (χ0v) is 11.9. The Bertz CT molecular complexity index is 578. The summed E-state index contributed by atoms with van der Waals surface area (Å²) in [5, 5.41) is 7.50. The maximum absolute atomic E-state index is 7.50. The molecule has 2 aromatic rings. The molecule has 0 saturated carbocycles. The number of aromatic nitrogens is 1. The molecule has 0 radical (unpaired) electrons. The Morgan fingerprint density at radius 3 is 2.45 bits per heavy atom. The van der Waals surface area contributed by atoms with E-state index in [1.807, 2.05) is 30.3 Å². The van der Waals surface area contributed by atoms with E-state index in [-0.39, 0.29) is 5.84 Å². The fraction of sp³-hybridized carbons (Fsp3) is 0.250. The van der Waals surface area contributed by atoms with E-state index in [4.69, 9.17) is 11.1 Å². The van der Waals surface area contributed by atoms with Crippen LogP contribution in [0.25, 0.3) is 0 Å². The van der Waals surface area contributed by atoms with Crippen molar-refractivity contribution in [1.29, 1.82) is 5.41 Å². The van der Waals surface area contributed by atoms with Gasteiger partial charge in [0.15, 0.2) is 0 Å². The highest BCUT2D eigenvalue weighted by Crippen LogP contribution is 2.18. The number of nitrogens with one attached hydrogen (secondary N) is 1. The highest BCUT2D eigenvalue weighted by Gasteiger charge is 2.13. The normalized spacial score (nSPS) is 10.6. The molecule has 104 valence electrons. The Morgan fingerprint density at radius 2 is 1.85 bits per heavy atom. The summed E-state index contributed by atoms with van der Waals surface area (Å²) in [6.45, 7) is 5.04. The largest absolute Gasteiger partial charge is 0.382 e. The van der Waals surface area contributed by atoms with Crippen molar-refractivity contribution in [1.82, 2.24) is 4.98 Å². The summed E-state index contributed by atoms with van der Waals surface area (Å²) >= 11 is 0. The molecule has 1 aromatic heterocycles. The smallest absolute Gasteiger partial charge is 0.141 e. The Hall–Kier alpha value is -2.36. The van der Waals surface area contributed by atoms with Crippen LogP contribution in [0, 0.1) is 5.41 Å². The standard InChI is InChI=1S/C16H20N4/c1-12(2)20(11-13-7-4-3-5-8-13)15-10-6-9-14(19-15)16(17)18/h3-10,12H,11H2,1-2H3,(H3,17,18). The molecule has 0 fully saturated rings. The van der Waals surface area contributed by atoms with Crippen LogP contribution in [0.15, 0.2) is 48.5 Å². The molecule has 4 nitrogen and oxygen atoms in total. The predicted molar refractivity (Wildman–Crippen MR) is 83.0 cm³/mol.